The van der Waals surface area contributed by atoms with Crippen LogP contribution in [-0.4, -0.2) is 52.2 Å². The van der Waals surface area contributed by atoms with Gasteiger partial charge in [-0.05, 0) is 43.1 Å². The van der Waals surface area contributed by atoms with Crippen LogP contribution in [0.3, 0.4) is 0 Å². The Morgan fingerprint density at radius 3 is 2.41 bits per heavy atom. The van der Waals surface area contributed by atoms with E-state index in [-0.39, 0.29) is 5.82 Å². The molecule has 0 fully saturated rings. The molecular weight excluding hydrogens is 433 g/mol. The van der Waals surface area contributed by atoms with E-state index in [1.54, 1.807) is 16.8 Å². The van der Waals surface area contributed by atoms with Crippen molar-refractivity contribution >= 4 is 0 Å². The third kappa shape index (κ3) is 7.38. The molecule has 1 N–H and O–H groups in total. The minimum atomic E-state index is -0.594. The smallest absolute Gasteiger partial charge is 0.222 e. The second kappa shape index (κ2) is 12.6. The van der Waals surface area contributed by atoms with Gasteiger partial charge in [0.2, 0.25) is 5.88 Å². The van der Waals surface area contributed by atoms with Gasteiger partial charge in [0.1, 0.15) is 17.3 Å². The molecule has 0 aliphatic rings. The Morgan fingerprint density at radius 2 is 1.76 bits per heavy atom. The van der Waals surface area contributed by atoms with Crippen LogP contribution in [0.1, 0.15) is 32.8 Å². The fraction of sp³-hybridized carbons (Fsp3) is 0.444. The van der Waals surface area contributed by atoms with Gasteiger partial charge in [0.15, 0.2) is 0 Å². The molecule has 3 aromatic rings. The Balaban J connectivity index is 1.88. The molecule has 1 atom stereocenters. The van der Waals surface area contributed by atoms with Crippen molar-refractivity contribution in [2.75, 3.05) is 26.3 Å². The fourth-order valence-corrected chi connectivity index (χ4v) is 3.83. The van der Waals surface area contributed by atoms with Crippen LogP contribution >= 0.6 is 0 Å². The van der Waals surface area contributed by atoms with Crippen LogP contribution in [0, 0.1) is 11.7 Å². The molecule has 0 aliphatic carbocycles. The molecule has 0 amide bonds. The molecule has 184 valence electrons. The summed E-state index contributed by atoms with van der Waals surface area (Å²) in [6.45, 7) is 9.05. The van der Waals surface area contributed by atoms with Crippen LogP contribution in [-0.2, 0) is 18.3 Å². The number of aliphatic hydroxyl groups excluding tert-OH is 1. The van der Waals surface area contributed by atoms with Gasteiger partial charge >= 0.3 is 0 Å². The molecule has 2 aromatic carbocycles. The lowest BCUT2D eigenvalue weighted by atomic mass is 10.1. The van der Waals surface area contributed by atoms with E-state index < -0.39 is 6.10 Å². The summed E-state index contributed by atoms with van der Waals surface area (Å²) in [7, 11) is 1.84. The Hall–Kier alpha value is -2.74. The summed E-state index contributed by atoms with van der Waals surface area (Å²) in [6.07, 6.45) is 0.345. The highest BCUT2D eigenvalue weighted by molar-refractivity contribution is 5.65. The first kappa shape index (κ1) is 25.9. The molecule has 1 heterocycles. The van der Waals surface area contributed by atoms with Crippen molar-refractivity contribution in [2.24, 2.45) is 13.0 Å². The maximum Gasteiger partial charge on any atom is 0.222 e. The van der Waals surface area contributed by atoms with Crippen molar-refractivity contribution in [2.45, 2.75) is 39.8 Å². The van der Waals surface area contributed by atoms with E-state index in [4.69, 9.17) is 14.6 Å². The third-order valence-electron chi connectivity index (χ3n) is 5.32. The van der Waals surface area contributed by atoms with Crippen molar-refractivity contribution in [3.63, 3.8) is 0 Å². The normalized spacial score (nSPS) is 12.5. The van der Waals surface area contributed by atoms with Crippen LogP contribution in [0.25, 0.3) is 11.3 Å². The molecule has 0 aliphatic heterocycles. The predicted molar refractivity (Wildman–Crippen MR) is 132 cm³/mol. The summed E-state index contributed by atoms with van der Waals surface area (Å²) in [5.74, 6) is 1.24. The number of nitrogens with zero attached hydrogens (tertiary/aromatic N) is 3. The largest absolute Gasteiger partial charge is 0.439 e. The molecule has 0 spiro atoms. The van der Waals surface area contributed by atoms with Crippen molar-refractivity contribution in [1.29, 1.82) is 0 Å². The van der Waals surface area contributed by atoms with E-state index >= 15 is 0 Å². The van der Waals surface area contributed by atoms with Crippen molar-refractivity contribution in [3.8, 4) is 22.9 Å². The number of ether oxygens (including phenoxy) is 2. The van der Waals surface area contributed by atoms with Gasteiger partial charge in [-0.3, -0.25) is 4.90 Å². The lowest BCUT2D eigenvalue weighted by Gasteiger charge is -2.25. The first-order valence-electron chi connectivity index (χ1n) is 11.9. The lowest BCUT2D eigenvalue weighted by molar-refractivity contribution is 0.00685. The highest BCUT2D eigenvalue weighted by Crippen LogP contribution is 2.34. The summed E-state index contributed by atoms with van der Waals surface area (Å²) in [5, 5.41) is 15.4. The number of aliphatic hydroxyl groups is 1. The lowest BCUT2D eigenvalue weighted by Crippen LogP contribution is -2.35. The molecule has 3 rings (SSSR count). The number of aromatic nitrogens is 2. The van der Waals surface area contributed by atoms with Gasteiger partial charge < -0.3 is 14.6 Å². The fourth-order valence-electron chi connectivity index (χ4n) is 3.83. The molecule has 0 unspecified atom stereocenters. The van der Waals surface area contributed by atoms with E-state index in [1.807, 2.05) is 37.4 Å². The first-order valence-corrected chi connectivity index (χ1v) is 11.9. The topological polar surface area (TPSA) is 59.8 Å². The molecule has 1 aromatic heterocycles. The second-order valence-corrected chi connectivity index (χ2v) is 9.00. The second-order valence-electron chi connectivity index (χ2n) is 9.00. The Labute approximate surface area is 201 Å². The quantitative estimate of drug-likeness (QED) is 0.370. The predicted octanol–water partition coefficient (Wildman–Crippen LogP) is 5.26. The van der Waals surface area contributed by atoms with Crippen molar-refractivity contribution < 1.29 is 19.0 Å². The van der Waals surface area contributed by atoms with Crippen LogP contribution < -0.4 is 4.74 Å². The highest BCUT2D eigenvalue weighted by Gasteiger charge is 2.23. The van der Waals surface area contributed by atoms with Crippen LogP contribution in [0.15, 0.2) is 54.6 Å². The van der Waals surface area contributed by atoms with Crippen LogP contribution in [0.4, 0.5) is 4.39 Å². The number of benzene rings is 2. The zero-order chi connectivity index (χ0) is 24.5. The van der Waals surface area contributed by atoms with Crippen LogP contribution in [0.2, 0.25) is 0 Å². The summed E-state index contributed by atoms with van der Waals surface area (Å²) >= 11 is 0. The van der Waals surface area contributed by atoms with Crippen molar-refractivity contribution in [3.05, 3.63) is 66.0 Å². The molecule has 0 saturated carbocycles. The zero-order valence-corrected chi connectivity index (χ0v) is 20.6. The standard InChI is InChI=1S/C27H36FN3O3/c1-5-15-31(16-23(32)19-33-18-20(2)3)17-25-26(21-9-7-6-8-10-21)29-30(4)27(25)34-24-13-11-22(28)12-14-24/h6-14,20,23,32H,5,15-19H2,1-4H3/t23-/m1/s1. The number of aryl methyl sites for hydroxylation is 1. The van der Waals surface area contributed by atoms with Gasteiger partial charge in [-0.25, -0.2) is 9.07 Å². The van der Waals surface area contributed by atoms with Gasteiger partial charge in [-0.2, -0.15) is 5.10 Å². The molecule has 0 saturated heterocycles. The molecule has 34 heavy (non-hydrogen) atoms. The van der Waals surface area contributed by atoms with E-state index in [1.165, 1.54) is 12.1 Å². The molecular formula is C27H36FN3O3. The van der Waals surface area contributed by atoms with Crippen LogP contribution in [0.5, 0.6) is 11.6 Å². The number of hydrogen-bond acceptors (Lipinski definition) is 5. The molecule has 6 nitrogen and oxygen atoms in total. The maximum atomic E-state index is 13.4. The highest BCUT2D eigenvalue weighted by atomic mass is 19.1. The summed E-state index contributed by atoms with van der Waals surface area (Å²) < 4.78 is 27.0. The van der Waals surface area contributed by atoms with Gasteiger partial charge in [-0.1, -0.05) is 51.1 Å². The van der Waals surface area contributed by atoms with Gasteiger partial charge in [-0.15, -0.1) is 0 Å². The minimum absolute atomic E-state index is 0.302. The van der Waals surface area contributed by atoms with Gasteiger partial charge in [0, 0.05) is 32.3 Å². The van der Waals surface area contributed by atoms with Crippen molar-refractivity contribution in [1.82, 2.24) is 14.7 Å². The Bertz CT molecular complexity index is 1010. The SMILES string of the molecule is CCCN(Cc1c(-c2ccccc2)nn(C)c1Oc1ccc(F)cc1)C[C@@H](O)COCC(C)C. The molecule has 0 bridgehead atoms. The maximum absolute atomic E-state index is 13.4. The van der Waals surface area contributed by atoms with E-state index in [0.717, 1.165) is 29.8 Å². The number of hydrogen-bond donors (Lipinski definition) is 1. The third-order valence-corrected chi connectivity index (χ3v) is 5.32. The molecule has 7 heteroatoms. The monoisotopic (exact) mass is 469 g/mol. The number of rotatable bonds is 13. The van der Waals surface area contributed by atoms with Gasteiger partial charge in [0.05, 0.1) is 18.3 Å². The minimum Gasteiger partial charge on any atom is -0.439 e. The van der Waals surface area contributed by atoms with E-state index in [2.05, 4.69) is 25.7 Å². The zero-order valence-electron chi connectivity index (χ0n) is 20.6. The van der Waals surface area contributed by atoms with E-state index in [9.17, 15) is 9.50 Å². The molecule has 0 radical (unpaired) electrons. The van der Waals surface area contributed by atoms with Gasteiger partial charge in [0.25, 0.3) is 0 Å². The average molecular weight is 470 g/mol. The summed E-state index contributed by atoms with van der Waals surface area (Å²) in [4.78, 5) is 2.20. The summed E-state index contributed by atoms with van der Waals surface area (Å²) in [6, 6.07) is 15.9. The Morgan fingerprint density at radius 1 is 1.06 bits per heavy atom. The number of halogens is 1. The Kier molecular flexibility index (Phi) is 9.62. The average Bonchev–Trinajstić information content (AvgIpc) is 3.10. The summed E-state index contributed by atoms with van der Waals surface area (Å²) in [5.41, 5.74) is 2.73. The van der Waals surface area contributed by atoms with E-state index in [0.29, 0.717) is 43.9 Å². The first-order chi connectivity index (χ1) is 16.4.